The first-order chi connectivity index (χ1) is 16.3. The lowest BCUT2D eigenvalue weighted by Gasteiger charge is -2.27. The van der Waals surface area contributed by atoms with Crippen molar-refractivity contribution in [3.8, 4) is 5.75 Å². The molecule has 0 radical (unpaired) electrons. The van der Waals surface area contributed by atoms with Gasteiger partial charge in [-0.05, 0) is 47.4 Å². The van der Waals surface area contributed by atoms with Gasteiger partial charge in [-0.1, -0.05) is 55.5 Å². The number of halogens is 1. The van der Waals surface area contributed by atoms with Crippen LogP contribution in [0.4, 0.5) is 0 Å². The fourth-order valence-corrected chi connectivity index (χ4v) is 4.00. The maximum Gasteiger partial charge on any atom is 0.295 e. The molecule has 0 bridgehead atoms. The number of hydrogen-bond donors (Lipinski definition) is 0. The van der Waals surface area contributed by atoms with Gasteiger partial charge in [-0.2, -0.15) is 0 Å². The summed E-state index contributed by atoms with van der Waals surface area (Å²) in [4.78, 5) is 30.6. The summed E-state index contributed by atoms with van der Waals surface area (Å²) < 4.78 is 5.69. The van der Waals surface area contributed by atoms with Crippen LogP contribution in [-0.2, 0) is 16.1 Å². The maximum absolute atomic E-state index is 13.5. The molecule has 174 valence electrons. The lowest BCUT2D eigenvalue weighted by molar-refractivity contribution is -0.378. The number of H-pyrrole nitrogens is 1. The Morgan fingerprint density at radius 3 is 2.41 bits per heavy atom. The molecule has 34 heavy (non-hydrogen) atoms. The van der Waals surface area contributed by atoms with Crippen molar-refractivity contribution >= 4 is 29.1 Å². The van der Waals surface area contributed by atoms with Crippen LogP contribution >= 0.6 is 11.6 Å². The molecule has 1 saturated heterocycles. The Morgan fingerprint density at radius 2 is 1.79 bits per heavy atom. The van der Waals surface area contributed by atoms with E-state index in [0.717, 1.165) is 5.56 Å². The number of hydrogen-bond acceptors (Lipinski definition) is 4. The predicted octanol–water partition coefficient (Wildman–Crippen LogP) is 3.61. The van der Waals surface area contributed by atoms with Gasteiger partial charge in [0.05, 0.1) is 19.2 Å². The molecule has 4 rings (SSSR count). The molecule has 1 aromatic heterocycles. The van der Waals surface area contributed by atoms with Crippen molar-refractivity contribution in [1.82, 2.24) is 4.90 Å². The normalized spacial score (nSPS) is 17.4. The zero-order valence-corrected chi connectivity index (χ0v) is 19.7. The Morgan fingerprint density at radius 1 is 1.09 bits per heavy atom. The highest BCUT2D eigenvalue weighted by molar-refractivity contribution is 6.46. The summed E-state index contributed by atoms with van der Waals surface area (Å²) in [5, 5.41) is 14.0. The van der Waals surface area contributed by atoms with Crippen LogP contribution in [0.15, 0.2) is 78.6 Å². The third-order valence-corrected chi connectivity index (χ3v) is 5.79. The van der Waals surface area contributed by atoms with Crippen LogP contribution in [0.5, 0.6) is 5.75 Å². The van der Waals surface area contributed by atoms with Crippen molar-refractivity contribution in [2.45, 2.75) is 26.4 Å². The van der Waals surface area contributed by atoms with Gasteiger partial charge in [-0.3, -0.25) is 9.59 Å². The molecule has 1 fully saturated rings. The van der Waals surface area contributed by atoms with Gasteiger partial charge in [0.15, 0.2) is 12.4 Å². The van der Waals surface area contributed by atoms with E-state index in [-0.39, 0.29) is 12.1 Å². The third-order valence-electron chi connectivity index (χ3n) is 5.54. The van der Waals surface area contributed by atoms with Crippen LogP contribution in [0.3, 0.4) is 0 Å². The molecule has 1 atom stereocenters. The molecule has 1 aliphatic rings. The van der Waals surface area contributed by atoms with Crippen LogP contribution in [-0.4, -0.2) is 23.2 Å². The molecule has 1 amide bonds. The molecule has 6 nitrogen and oxygen atoms in total. The van der Waals surface area contributed by atoms with Gasteiger partial charge in [-0.15, -0.1) is 0 Å². The van der Waals surface area contributed by atoms with Crippen molar-refractivity contribution in [3.05, 3.63) is 100 Å². The number of nitrogens with one attached hydrogen (secondary N) is 1. The largest absolute Gasteiger partial charge is 0.872 e. The van der Waals surface area contributed by atoms with E-state index in [1.807, 2.05) is 26.0 Å². The summed E-state index contributed by atoms with van der Waals surface area (Å²) in [5.74, 6) is -0.961. The number of ketones is 1. The van der Waals surface area contributed by atoms with Crippen molar-refractivity contribution in [3.63, 3.8) is 0 Å². The van der Waals surface area contributed by atoms with E-state index in [0.29, 0.717) is 34.4 Å². The quantitative estimate of drug-likeness (QED) is 0.296. The molecular weight excluding hydrogens is 452 g/mol. The number of Topliss-reactive ketones (excluding diaryl/α,β-unsaturated/α-hetero) is 1. The molecule has 0 saturated carbocycles. The van der Waals surface area contributed by atoms with Crippen LogP contribution in [0.25, 0.3) is 5.76 Å². The number of carbonyl (C=O) groups is 2. The second kappa shape index (κ2) is 10.1. The number of benzene rings is 2. The standard InChI is InChI=1S/C27H25ClN2O4/c1-17(2)16-34-22-11-7-20(8-12-22)25(31)23-24(19-5-9-21(28)10-6-19)30(27(33)26(23)32)15-18-4-3-13-29-14-18/h3-14,17,24,31H,15-16H2,1-2H3. The van der Waals surface area contributed by atoms with Gasteiger partial charge in [-0.25, -0.2) is 4.98 Å². The van der Waals surface area contributed by atoms with Crippen LogP contribution in [0.2, 0.25) is 5.02 Å². The van der Waals surface area contributed by atoms with E-state index in [4.69, 9.17) is 16.3 Å². The van der Waals surface area contributed by atoms with E-state index in [1.165, 1.54) is 4.90 Å². The number of ether oxygens (including phenoxy) is 1. The average Bonchev–Trinajstić information content (AvgIpc) is 3.08. The number of rotatable bonds is 7. The predicted molar refractivity (Wildman–Crippen MR) is 126 cm³/mol. The Balaban J connectivity index is 1.75. The number of carbonyl (C=O) groups excluding carboxylic acids is 2. The number of nitrogens with zero attached hydrogens (tertiary/aromatic N) is 1. The number of aromatic amines is 1. The average molecular weight is 477 g/mol. The van der Waals surface area contributed by atoms with Crippen molar-refractivity contribution < 1.29 is 24.4 Å². The van der Waals surface area contributed by atoms with E-state index in [1.54, 1.807) is 60.9 Å². The summed E-state index contributed by atoms with van der Waals surface area (Å²) in [6.07, 6.45) is 3.51. The first kappa shape index (κ1) is 23.5. The molecule has 0 aliphatic carbocycles. The van der Waals surface area contributed by atoms with Gasteiger partial charge < -0.3 is 14.7 Å². The van der Waals surface area contributed by atoms with Crippen LogP contribution < -0.4 is 14.8 Å². The van der Waals surface area contributed by atoms with E-state index in [2.05, 4.69) is 4.98 Å². The maximum atomic E-state index is 13.5. The minimum absolute atomic E-state index is 0.0666. The molecule has 0 spiro atoms. The lowest BCUT2D eigenvalue weighted by atomic mass is 9.95. The van der Waals surface area contributed by atoms with E-state index >= 15 is 0 Å². The minimum Gasteiger partial charge on any atom is -0.872 e. The second-order valence-electron chi connectivity index (χ2n) is 8.60. The monoisotopic (exact) mass is 476 g/mol. The molecule has 7 heteroatoms. The molecular formula is C27H25ClN2O4. The summed E-state index contributed by atoms with van der Waals surface area (Å²) in [6.45, 7) is 4.83. The van der Waals surface area contributed by atoms with Gasteiger partial charge in [0.2, 0.25) is 5.78 Å². The van der Waals surface area contributed by atoms with E-state index in [9.17, 15) is 14.7 Å². The van der Waals surface area contributed by atoms with E-state index < -0.39 is 23.5 Å². The fourth-order valence-electron chi connectivity index (χ4n) is 3.87. The molecule has 2 aromatic carbocycles. The fraction of sp³-hybridized carbons (Fsp3) is 0.222. The smallest absolute Gasteiger partial charge is 0.295 e. The first-order valence-electron chi connectivity index (χ1n) is 11.1. The van der Waals surface area contributed by atoms with Gasteiger partial charge in [0.25, 0.3) is 5.91 Å². The van der Waals surface area contributed by atoms with Gasteiger partial charge >= 0.3 is 0 Å². The number of pyridine rings is 1. The zero-order valence-electron chi connectivity index (χ0n) is 19.0. The molecule has 1 aliphatic heterocycles. The number of likely N-dealkylation sites (tertiary alicyclic amines) is 1. The summed E-state index contributed by atoms with van der Waals surface area (Å²) in [7, 11) is 0. The van der Waals surface area contributed by atoms with Crippen molar-refractivity contribution in [1.29, 1.82) is 0 Å². The Bertz CT molecular complexity index is 1210. The lowest BCUT2D eigenvalue weighted by Crippen LogP contribution is -2.29. The summed E-state index contributed by atoms with van der Waals surface area (Å²) in [5.41, 5.74) is 1.71. The van der Waals surface area contributed by atoms with Crippen LogP contribution in [0.1, 0.15) is 36.6 Å². The first-order valence-corrected chi connectivity index (χ1v) is 11.4. The van der Waals surface area contributed by atoms with Crippen molar-refractivity contribution in [2.75, 3.05) is 6.61 Å². The highest BCUT2D eigenvalue weighted by atomic mass is 35.5. The zero-order chi connectivity index (χ0) is 24.2. The summed E-state index contributed by atoms with van der Waals surface area (Å²) in [6, 6.07) is 16.3. The Hall–Kier alpha value is -3.64. The van der Waals surface area contributed by atoms with Gasteiger partial charge in [0.1, 0.15) is 5.75 Å². The van der Waals surface area contributed by atoms with Crippen molar-refractivity contribution in [2.24, 2.45) is 5.92 Å². The molecule has 1 N–H and O–H groups in total. The Labute approximate surface area is 203 Å². The second-order valence-corrected chi connectivity index (χ2v) is 9.04. The Kier molecular flexibility index (Phi) is 6.98. The highest BCUT2D eigenvalue weighted by Gasteiger charge is 2.44. The van der Waals surface area contributed by atoms with Crippen LogP contribution in [0, 0.1) is 5.92 Å². The topological polar surface area (TPSA) is 83.8 Å². The highest BCUT2D eigenvalue weighted by Crippen LogP contribution is 2.40. The SMILES string of the molecule is CC(C)COc1ccc(C([O-])=C2C(=O)C(=O)N(Cc3ccc[nH+]c3)C2c2ccc(Cl)cc2)cc1. The third kappa shape index (κ3) is 4.97. The van der Waals surface area contributed by atoms with Gasteiger partial charge in [0, 0.05) is 22.2 Å². The molecule has 2 heterocycles. The number of aromatic nitrogens is 1. The minimum atomic E-state index is -0.818. The molecule has 3 aromatic rings. The molecule has 1 unspecified atom stereocenters. The summed E-state index contributed by atoms with van der Waals surface area (Å²) >= 11 is 6.06. The number of amides is 1.